The topological polar surface area (TPSA) is 47.9 Å². The predicted octanol–water partition coefficient (Wildman–Crippen LogP) is 2.88. The first-order chi connectivity index (χ1) is 12.4. The van der Waals surface area contributed by atoms with Crippen LogP contribution in [0.4, 0.5) is 0 Å². The Morgan fingerprint density at radius 2 is 1.85 bits per heavy atom. The van der Waals surface area contributed by atoms with E-state index in [1.165, 1.54) is 5.56 Å². The highest BCUT2D eigenvalue weighted by Gasteiger charge is 2.54. The average Bonchev–Trinajstić information content (AvgIpc) is 2.61. The second kappa shape index (κ2) is 8.36. The number of benzene rings is 1. The molecule has 146 valence electrons. The zero-order valence-corrected chi connectivity index (χ0v) is 16.5. The predicted molar refractivity (Wildman–Crippen MR) is 101 cm³/mol. The van der Waals surface area contributed by atoms with E-state index in [1.807, 2.05) is 18.2 Å². The molecule has 0 bridgehead atoms. The van der Waals surface area contributed by atoms with Crippen molar-refractivity contribution in [2.24, 2.45) is 0 Å². The van der Waals surface area contributed by atoms with Crippen LogP contribution in [-0.4, -0.2) is 68.0 Å². The third kappa shape index (κ3) is 4.29. The molecule has 2 aliphatic rings. The number of ether oxygens (including phenoxy) is 3. The lowest BCUT2D eigenvalue weighted by atomic mass is 9.88. The van der Waals surface area contributed by atoms with Crippen LogP contribution in [0.15, 0.2) is 30.3 Å². The van der Waals surface area contributed by atoms with Crippen LogP contribution in [0.1, 0.15) is 44.3 Å². The number of likely N-dealkylation sites (N-methyl/N-ethyl adjacent to an activating group) is 1. The van der Waals surface area contributed by atoms with Gasteiger partial charge in [-0.15, -0.1) is 0 Å². The molecular weight excluding hydrogens is 330 g/mol. The van der Waals surface area contributed by atoms with Gasteiger partial charge in [0.15, 0.2) is 6.04 Å². The normalized spacial score (nSPS) is 35.1. The maximum Gasteiger partial charge on any atom is 0.213 e. The van der Waals surface area contributed by atoms with Crippen molar-refractivity contribution in [2.75, 3.05) is 27.7 Å². The Labute approximate surface area is 157 Å². The molecule has 1 aromatic rings. The smallest absolute Gasteiger partial charge is 0.213 e. The van der Waals surface area contributed by atoms with E-state index < -0.39 is 12.4 Å². The van der Waals surface area contributed by atoms with Crippen molar-refractivity contribution in [3.63, 3.8) is 0 Å². The summed E-state index contributed by atoms with van der Waals surface area (Å²) in [5.41, 5.74) is 1.17. The SMILES string of the molecule is CCCCO[C@@H]1O[C@@H]2CC[C@H](c3ccccc3)O[C@H]2[C@H](O)[C@@H]1[N+](C)(C)C. The summed E-state index contributed by atoms with van der Waals surface area (Å²) < 4.78 is 19.3. The minimum atomic E-state index is -0.619. The summed E-state index contributed by atoms with van der Waals surface area (Å²) in [5.74, 6) is 0. The van der Waals surface area contributed by atoms with Gasteiger partial charge < -0.3 is 23.8 Å². The monoisotopic (exact) mass is 364 g/mol. The Kier molecular flexibility index (Phi) is 6.36. The Balaban J connectivity index is 1.75. The molecule has 0 unspecified atom stereocenters. The quantitative estimate of drug-likeness (QED) is 0.623. The summed E-state index contributed by atoms with van der Waals surface area (Å²) >= 11 is 0. The van der Waals surface area contributed by atoms with Gasteiger partial charge in [-0.1, -0.05) is 43.7 Å². The fourth-order valence-electron chi connectivity index (χ4n) is 4.10. The third-order valence-electron chi connectivity index (χ3n) is 5.52. The average molecular weight is 365 g/mol. The number of hydrogen-bond acceptors (Lipinski definition) is 4. The lowest BCUT2D eigenvalue weighted by Gasteiger charge is -2.51. The summed E-state index contributed by atoms with van der Waals surface area (Å²) in [5, 5.41) is 11.2. The van der Waals surface area contributed by atoms with Gasteiger partial charge in [0, 0.05) is 6.61 Å². The molecule has 6 atom stereocenters. The van der Waals surface area contributed by atoms with Gasteiger partial charge >= 0.3 is 0 Å². The number of aliphatic hydroxyl groups excluding tert-OH is 1. The number of unbranched alkanes of at least 4 members (excludes halogenated alkanes) is 1. The standard InChI is InChI=1S/C21H34NO4/c1-5-6-14-24-21-18(22(2,3)4)19(23)20-17(26-21)13-12-16(25-20)15-10-8-7-9-11-15/h7-11,16-21,23H,5-6,12-14H2,1-4H3/q+1/t16-,17-,18+,19-,20-,21-/m1/s1. The van der Waals surface area contributed by atoms with Gasteiger partial charge in [0.2, 0.25) is 6.29 Å². The molecule has 0 radical (unpaired) electrons. The van der Waals surface area contributed by atoms with Crippen molar-refractivity contribution in [1.29, 1.82) is 0 Å². The molecule has 2 heterocycles. The Morgan fingerprint density at radius 1 is 1.12 bits per heavy atom. The molecule has 0 spiro atoms. The van der Waals surface area contributed by atoms with Gasteiger partial charge in [0.25, 0.3) is 0 Å². The maximum atomic E-state index is 11.2. The first-order valence-electron chi connectivity index (χ1n) is 9.88. The second-order valence-corrected chi connectivity index (χ2v) is 8.44. The third-order valence-corrected chi connectivity index (χ3v) is 5.52. The first-order valence-corrected chi connectivity index (χ1v) is 9.88. The highest BCUT2D eigenvalue weighted by atomic mass is 16.7. The van der Waals surface area contributed by atoms with E-state index in [9.17, 15) is 5.11 Å². The van der Waals surface area contributed by atoms with Crippen LogP contribution in [-0.2, 0) is 14.2 Å². The number of quaternary nitrogens is 1. The zero-order valence-electron chi connectivity index (χ0n) is 16.5. The molecule has 2 aliphatic heterocycles. The van der Waals surface area contributed by atoms with Crippen molar-refractivity contribution in [1.82, 2.24) is 0 Å². The molecule has 2 fully saturated rings. The molecule has 0 saturated carbocycles. The minimum Gasteiger partial charge on any atom is -0.384 e. The molecule has 5 nitrogen and oxygen atoms in total. The molecule has 0 amide bonds. The number of rotatable bonds is 6. The zero-order chi connectivity index (χ0) is 18.7. The summed E-state index contributed by atoms with van der Waals surface area (Å²) in [6.45, 7) is 2.81. The molecule has 1 aromatic carbocycles. The van der Waals surface area contributed by atoms with Gasteiger partial charge in [-0.05, 0) is 24.8 Å². The number of hydrogen-bond donors (Lipinski definition) is 1. The molecular formula is C21H34NO4+. The largest absolute Gasteiger partial charge is 0.384 e. The Morgan fingerprint density at radius 3 is 2.50 bits per heavy atom. The van der Waals surface area contributed by atoms with Gasteiger partial charge in [-0.2, -0.15) is 0 Å². The van der Waals surface area contributed by atoms with Gasteiger partial charge in [0.1, 0.15) is 12.2 Å². The van der Waals surface area contributed by atoms with E-state index in [4.69, 9.17) is 14.2 Å². The molecule has 5 heteroatoms. The van der Waals surface area contributed by atoms with E-state index in [0.29, 0.717) is 11.1 Å². The Hall–Kier alpha value is -0.980. The number of aliphatic hydroxyl groups is 1. The van der Waals surface area contributed by atoms with Gasteiger partial charge in [0.05, 0.1) is 33.4 Å². The molecule has 0 aliphatic carbocycles. The highest BCUT2D eigenvalue weighted by Crippen LogP contribution is 2.39. The number of fused-ring (bicyclic) bond motifs is 1. The Bertz CT molecular complexity index is 559. The van der Waals surface area contributed by atoms with E-state index in [2.05, 4.69) is 40.2 Å². The summed E-state index contributed by atoms with van der Waals surface area (Å²) in [6, 6.07) is 10.1. The fraction of sp³-hybridized carbons (Fsp3) is 0.714. The summed E-state index contributed by atoms with van der Waals surface area (Å²) in [4.78, 5) is 0. The second-order valence-electron chi connectivity index (χ2n) is 8.44. The van der Waals surface area contributed by atoms with Crippen molar-refractivity contribution in [3.05, 3.63) is 35.9 Å². The van der Waals surface area contributed by atoms with Crippen LogP contribution < -0.4 is 0 Å². The van der Waals surface area contributed by atoms with Crippen LogP contribution in [0.25, 0.3) is 0 Å². The van der Waals surface area contributed by atoms with Crippen LogP contribution in [0, 0.1) is 0 Å². The summed E-state index contributed by atoms with van der Waals surface area (Å²) in [6.07, 6.45) is 2.43. The van der Waals surface area contributed by atoms with E-state index in [0.717, 1.165) is 25.7 Å². The first kappa shape index (κ1) is 19.8. The molecule has 2 saturated heterocycles. The van der Waals surface area contributed by atoms with Crippen LogP contribution in [0.5, 0.6) is 0 Å². The van der Waals surface area contributed by atoms with Gasteiger partial charge in [-0.3, -0.25) is 0 Å². The van der Waals surface area contributed by atoms with E-state index in [-0.39, 0.29) is 24.4 Å². The highest BCUT2D eigenvalue weighted by molar-refractivity contribution is 5.18. The van der Waals surface area contributed by atoms with Crippen molar-refractivity contribution in [3.8, 4) is 0 Å². The van der Waals surface area contributed by atoms with Crippen LogP contribution in [0.3, 0.4) is 0 Å². The van der Waals surface area contributed by atoms with Crippen LogP contribution in [0.2, 0.25) is 0 Å². The van der Waals surface area contributed by atoms with Crippen molar-refractivity contribution in [2.45, 2.75) is 69.4 Å². The van der Waals surface area contributed by atoms with Crippen LogP contribution >= 0.6 is 0 Å². The fourth-order valence-corrected chi connectivity index (χ4v) is 4.10. The van der Waals surface area contributed by atoms with Gasteiger partial charge in [-0.25, -0.2) is 0 Å². The lowest BCUT2D eigenvalue weighted by molar-refractivity contribution is -0.910. The van der Waals surface area contributed by atoms with Crippen molar-refractivity contribution < 1.29 is 23.8 Å². The molecule has 1 N–H and O–H groups in total. The summed E-state index contributed by atoms with van der Waals surface area (Å²) in [7, 11) is 6.22. The molecule has 3 rings (SSSR count). The lowest BCUT2D eigenvalue weighted by Crippen LogP contribution is -2.69. The maximum absolute atomic E-state index is 11.2. The van der Waals surface area contributed by atoms with E-state index in [1.54, 1.807) is 0 Å². The van der Waals surface area contributed by atoms with E-state index >= 15 is 0 Å². The molecule has 0 aromatic heterocycles. The minimum absolute atomic E-state index is 0.0152. The van der Waals surface area contributed by atoms with Crippen molar-refractivity contribution >= 4 is 0 Å². The molecule has 26 heavy (non-hydrogen) atoms. The number of nitrogens with zero attached hydrogens (tertiary/aromatic N) is 1.